The molecule has 1 unspecified atom stereocenters. The topological polar surface area (TPSA) is 18.5 Å². The van der Waals surface area contributed by atoms with Crippen molar-refractivity contribution in [2.24, 2.45) is 11.8 Å². The average Bonchev–Trinajstić information content (AvgIpc) is 2.97. The van der Waals surface area contributed by atoms with Crippen LogP contribution in [-0.4, -0.2) is 61.7 Å². The lowest BCUT2D eigenvalue weighted by molar-refractivity contribution is 0.111. The van der Waals surface area contributed by atoms with Crippen molar-refractivity contribution in [1.82, 2.24) is 15.1 Å². The molecule has 3 nitrogen and oxygen atoms in total. The lowest BCUT2D eigenvalue weighted by atomic mass is 9.94. The molecule has 1 atom stereocenters. The zero-order valence-corrected chi connectivity index (χ0v) is 14.6. The van der Waals surface area contributed by atoms with Crippen molar-refractivity contribution < 1.29 is 0 Å². The molecule has 3 heteroatoms. The molecule has 2 aliphatic rings. The number of piperidine rings is 1. The lowest BCUT2D eigenvalue weighted by Crippen LogP contribution is -2.47. The summed E-state index contributed by atoms with van der Waals surface area (Å²) in [5.74, 6) is 1.72. The second kappa shape index (κ2) is 9.12. The molecule has 0 spiro atoms. The summed E-state index contributed by atoms with van der Waals surface area (Å²) in [7, 11) is 0. The Morgan fingerprint density at radius 3 is 2.24 bits per heavy atom. The van der Waals surface area contributed by atoms with E-state index in [1.165, 1.54) is 71.4 Å². The molecule has 0 saturated carbocycles. The average molecular weight is 296 g/mol. The van der Waals surface area contributed by atoms with Crippen molar-refractivity contribution in [2.75, 3.05) is 45.8 Å². The van der Waals surface area contributed by atoms with Gasteiger partial charge in [0, 0.05) is 19.1 Å². The summed E-state index contributed by atoms with van der Waals surface area (Å²) in [5, 5.41) is 3.65. The summed E-state index contributed by atoms with van der Waals surface area (Å²) in [6.07, 6.45) is 6.97. The number of rotatable bonds is 8. The molecule has 2 saturated heterocycles. The fourth-order valence-electron chi connectivity index (χ4n) is 3.90. The molecule has 2 fully saturated rings. The Bertz CT molecular complexity index is 266. The van der Waals surface area contributed by atoms with Crippen LogP contribution in [0.15, 0.2) is 0 Å². The molecule has 2 aliphatic heterocycles. The van der Waals surface area contributed by atoms with Crippen molar-refractivity contribution >= 4 is 0 Å². The van der Waals surface area contributed by atoms with Gasteiger partial charge in [-0.3, -0.25) is 4.90 Å². The Balaban J connectivity index is 1.65. The van der Waals surface area contributed by atoms with Crippen LogP contribution in [0, 0.1) is 11.8 Å². The van der Waals surface area contributed by atoms with Crippen molar-refractivity contribution in [3.63, 3.8) is 0 Å². The van der Waals surface area contributed by atoms with Crippen LogP contribution >= 0.6 is 0 Å². The minimum Gasteiger partial charge on any atom is -0.315 e. The maximum atomic E-state index is 3.65. The van der Waals surface area contributed by atoms with E-state index in [2.05, 4.69) is 35.9 Å². The van der Waals surface area contributed by atoms with Gasteiger partial charge in [0.15, 0.2) is 0 Å². The van der Waals surface area contributed by atoms with Crippen molar-refractivity contribution in [3.05, 3.63) is 0 Å². The summed E-state index contributed by atoms with van der Waals surface area (Å²) in [6.45, 7) is 16.0. The standard InChI is InChI=1S/C18H37N3/c1-4-18(14-19-13-16(2)3)21-11-7-17(8-12-21)15-20-9-5-6-10-20/h16-19H,4-15H2,1-3H3. The highest BCUT2D eigenvalue weighted by Crippen LogP contribution is 2.22. The molecule has 124 valence electrons. The third-order valence-electron chi connectivity index (χ3n) is 5.28. The molecular formula is C18H37N3. The number of likely N-dealkylation sites (tertiary alicyclic amines) is 2. The van der Waals surface area contributed by atoms with Crippen molar-refractivity contribution in [2.45, 2.75) is 58.9 Å². The minimum atomic E-state index is 0.747. The molecule has 0 aliphatic carbocycles. The van der Waals surface area contributed by atoms with Crippen molar-refractivity contribution in [3.8, 4) is 0 Å². The van der Waals surface area contributed by atoms with Gasteiger partial charge in [0.05, 0.1) is 0 Å². The lowest BCUT2D eigenvalue weighted by Gasteiger charge is -2.38. The van der Waals surface area contributed by atoms with E-state index in [4.69, 9.17) is 0 Å². The van der Waals surface area contributed by atoms with Gasteiger partial charge >= 0.3 is 0 Å². The molecule has 2 rings (SSSR count). The Labute approximate surface area is 132 Å². The first kappa shape index (κ1) is 17.2. The van der Waals surface area contributed by atoms with Crippen LogP contribution in [0.1, 0.15) is 52.9 Å². The number of hydrogen-bond donors (Lipinski definition) is 1. The zero-order valence-electron chi connectivity index (χ0n) is 14.6. The van der Waals surface area contributed by atoms with E-state index in [0.29, 0.717) is 0 Å². The van der Waals surface area contributed by atoms with E-state index >= 15 is 0 Å². The maximum Gasteiger partial charge on any atom is 0.0218 e. The highest BCUT2D eigenvalue weighted by atomic mass is 15.2. The van der Waals surface area contributed by atoms with Crippen LogP contribution in [0.25, 0.3) is 0 Å². The molecule has 21 heavy (non-hydrogen) atoms. The fourth-order valence-corrected chi connectivity index (χ4v) is 3.90. The minimum absolute atomic E-state index is 0.747. The van der Waals surface area contributed by atoms with Crippen LogP contribution in [0.4, 0.5) is 0 Å². The highest BCUT2D eigenvalue weighted by molar-refractivity contribution is 4.81. The fraction of sp³-hybridized carbons (Fsp3) is 1.00. The number of hydrogen-bond acceptors (Lipinski definition) is 3. The first-order valence-corrected chi connectivity index (χ1v) is 9.36. The predicted octanol–water partition coefficient (Wildman–Crippen LogP) is 2.82. The molecule has 0 aromatic rings. The van der Waals surface area contributed by atoms with E-state index in [-0.39, 0.29) is 0 Å². The van der Waals surface area contributed by atoms with Crippen LogP contribution < -0.4 is 5.32 Å². The van der Waals surface area contributed by atoms with Crippen LogP contribution in [0.5, 0.6) is 0 Å². The third-order valence-corrected chi connectivity index (χ3v) is 5.28. The molecule has 2 heterocycles. The molecular weight excluding hydrogens is 258 g/mol. The second-order valence-corrected chi connectivity index (χ2v) is 7.60. The second-order valence-electron chi connectivity index (χ2n) is 7.60. The van der Waals surface area contributed by atoms with Gasteiger partial charge in [-0.1, -0.05) is 20.8 Å². The molecule has 0 aromatic carbocycles. The van der Waals surface area contributed by atoms with Gasteiger partial charge in [-0.05, 0) is 76.7 Å². The Kier molecular flexibility index (Phi) is 7.48. The Morgan fingerprint density at radius 2 is 1.67 bits per heavy atom. The first-order chi connectivity index (χ1) is 10.2. The van der Waals surface area contributed by atoms with Gasteiger partial charge in [0.2, 0.25) is 0 Å². The highest BCUT2D eigenvalue weighted by Gasteiger charge is 2.25. The van der Waals surface area contributed by atoms with E-state index in [9.17, 15) is 0 Å². The van der Waals surface area contributed by atoms with Gasteiger partial charge < -0.3 is 10.2 Å². The van der Waals surface area contributed by atoms with E-state index < -0.39 is 0 Å². The van der Waals surface area contributed by atoms with Gasteiger partial charge in [0.1, 0.15) is 0 Å². The van der Waals surface area contributed by atoms with Crippen molar-refractivity contribution in [1.29, 1.82) is 0 Å². The third kappa shape index (κ3) is 5.88. The SMILES string of the molecule is CCC(CNCC(C)C)N1CCC(CN2CCCC2)CC1. The smallest absolute Gasteiger partial charge is 0.0218 e. The van der Waals surface area contributed by atoms with Crippen LogP contribution in [-0.2, 0) is 0 Å². The zero-order chi connectivity index (χ0) is 15.1. The van der Waals surface area contributed by atoms with Gasteiger partial charge in [-0.25, -0.2) is 0 Å². The predicted molar refractivity (Wildman–Crippen MR) is 91.8 cm³/mol. The summed E-state index contributed by atoms with van der Waals surface area (Å²) >= 11 is 0. The summed E-state index contributed by atoms with van der Waals surface area (Å²) in [5.41, 5.74) is 0. The monoisotopic (exact) mass is 295 g/mol. The van der Waals surface area contributed by atoms with Gasteiger partial charge in [-0.2, -0.15) is 0 Å². The first-order valence-electron chi connectivity index (χ1n) is 9.36. The molecule has 0 aromatic heterocycles. The molecule has 0 radical (unpaired) electrons. The summed E-state index contributed by atoms with van der Waals surface area (Å²) in [6, 6.07) is 0.747. The Morgan fingerprint density at radius 1 is 1.00 bits per heavy atom. The van der Waals surface area contributed by atoms with Gasteiger partial charge in [-0.15, -0.1) is 0 Å². The van der Waals surface area contributed by atoms with E-state index in [1.807, 2.05) is 0 Å². The summed E-state index contributed by atoms with van der Waals surface area (Å²) < 4.78 is 0. The quantitative estimate of drug-likeness (QED) is 0.743. The van der Waals surface area contributed by atoms with E-state index in [1.54, 1.807) is 0 Å². The molecule has 0 bridgehead atoms. The largest absolute Gasteiger partial charge is 0.315 e. The normalized spacial score (nSPS) is 24.0. The Hall–Kier alpha value is -0.120. The number of nitrogens with zero attached hydrogens (tertiary/aromatic N) is 2. The van der Waals surface area contributed by atoms with Crippen LogP contribution in [0.3, 0.4) is 0 Å². The van der Waals surface area contributed by atoms with Gasteiger partial charge in [0.25, 0.3) is 0 Å². The molecule has 0 amide bonds. The summed E-state index contributed by atoms with van der Waals surface area (Å²) in [4.78, 5) is 5.44. The van der Waals surface area contributed by atoms with Crippen LogP contribution in [0.2, 0.25) is 0 Å². The van der Waals surface area contributed by atoms with E-state index in [0.717, 1.165) is 24.4 Å². The molecule has 1 N–H and O–H groups in total. The number of nitrogens with one attached hydrogen (secondary N) is 1. The maximum absolute atomic E-state index is 3.65.